The molecule has 0 bridgehead atoms. The highest BCUT2D eigenvalue weighted by Crippen LogP contribution is 2.22. The number of hydrogen-bond donors (Lipinski definition) is 2. The highest BCUT2D eigenvalue weighted by molar-refractivity contribution is 5.99. The van der Waals surface area contributed by atoms with Gasteiger partial charge in [0.1, 0.15) is 6.17 Å². The van der Waals surface area contributed by atoms with Crippen molar-refractivity contribution in [3.63, 3.8) is 0 Å². The molecular formula is C14H17FN2O3. The number of halogens is 1. The third kappa shape index (κ3) is 2.80. The van der Waals surface area contributed by atoms with E-state index in [4.69, 9.17) is 0 Å². The van der Waals surface area contributed by atoms with Gasteiger partial charge in [0.2, 0.25) is 0 Å². The van der Waals surface area contributed by atoms with Gasteiger partial charge in [0.25, 0.3) is 11.8 Å². The van der Waals surface area contributed by atoms with Crippen LogP contribution in [0.4, 0.5) is 4.39 Å². The second kappa shape index (κ2) is 6.00. The molecule has 2 rings (SSSR count). The van der Waals surface area contributed by atoms with E-state index in [2.05, 4.69) is 5.32 Å². The molecule has 0 radical (unpaired) electrons. The van der Waals surface area contributed by atoms with Crippen molar-refractivity contribution in [2.24, 2.45) is 0 Å². The average Bonchev–Trinajstić information content (AvgIpc) is 2.86. The summed E-state index contributed by atoms with van der Waals surface area (Å²) in [6, 6.07) is 5.76. The highest BCUT2D eigenvalue weighted by Gasteiger charge is 2.35. The monoisotopic (exact) mass is 280 g/mol. The molecule has 1 aromatic rings. The van der Waals surface area contributed by atoms with E-state index in [1.807, 2.05) is 0 Å². The highest BCUT2D eigenvalue weighted by atomic mass is 19.1. The Morgan fingerprint density at radius 3 is 2.80 bits per heavy atom. The lowest BCUT2D eigenvalue weighted by atomic mass is 10.1. The predicted octanol–water partition coefficient (Wildman–Crippen LogP) is 0.591. The summed E-state index contributed by atoms with van der Waals surface area (Å²) < 4.78 is 13.4. The first-order valence-corrected chi connectivity index (χ1v) is 6.45. The molecule has 108 valence electrons. The molecule has 5 nitrogen and oxygen atoms in total. The standard InChI is InChI=1S/C14H17FN2O3/c1-16-13(19)9-3-2-4-10(5-9)14(20)17-7-11(15)6-12(17)8-18/h2-5,11-12,18H,6-8H2,1H3,(H,16,19)/t11-,12-/m0/s1. The first kappa shape index (κ1) is 14.5. The number of carbonyl (C=O) groups is 2. The number of rotatable bonds is 3. The largest absolute Gasteiger partial charge is 0.394 e. The topological polar surface area (TPSA) is 69.6 Å². The molecule has 6 heteroatoms. The van der Waals surface area contributed by atoms with Crippen LogP contribution in [0.2, 0.25) is 0 Å². The normalized spacial score (nSPS) is 21.9. The number of alkyl halides is 1. The first-order valence-electron chi connectivity index (χ1n) is 6.45. The molecule has 1 saturated heterocycles. The smallest absolute Gasteiger partial charge is 0.254 e. The lowest BCUT2D eigenvalue weighted by Crippen LogP contribution is -2.38. The summed E-state index contributed by atoms with van der Waals surface area (Å²) in [6.45, 7) is -0.282. The van der Waals surface area contributed by atoms with Crippen molar-refractivity contribution >= 4 is 11.8 Å². The Bertz CT molecular complexity index is 521. The van der Waals surface area contributed by atoms with E-state index in [0.29, 0.717) is 11.1 Å². The Morgan fingerprint density at radius 2 is 2.15 bits per heavy atom. The molecule has 0 spiro atoms. The number of nitrogens with one attached hydrogen (secondary N) is 1. The van der Waals surface area contributed by atoms with Gasteiger partial charge in [-0.1, -0.05) is 6.07 Å². The Balaban J connectivity index is 2.23. The molecular weight excluding hydrogens is 263 g/mol. The van der Waals surface area contributed by atoms with Crippen molar-refractivity contribution in [1.82, 2.24) is 10.2 Å². The summed E-state index contributed by atoms with van der Waals surface area (Å²) in [6.07, 6.45) is -0.963. The van der Waals surface area contributed by atoms with Gasteiger partial charge in [0, 0.05) is 24.6 Å². The number of nitrogens with zero attached hydrogens (tertiary/aromatic N) is 1. The van der Waals surface area contributed by atoms with Gasteiger partial charge in [0.05, 0.1) is 19.2 Å². The Kier molecular flexibility index (Phi) is 4.34. The summed E-state index contributed by atoms with van der Waals surface area (Å²) in [4.78, 5) is 25.2. The number of hydrogen-bond acceptors (Lipinski definition) is 3. The molecule has 0 aromatic heterocycles. The number of likely N-dealkylation sites (tertiary alicyclic amines) is 1. The van der Waals surface area contributed by atoms with Gasteiger partial charge < -0.3 is 15.3 Å². The molecule has 1 fully saturated rings. The maximum absolute atomic E-state index is 13.4. The van der Waals surface area contributed by atoms with Gasteiger partial charge in [-0.15, -0.1) is 0 Å². The van der Waals surface area contributed by atoms with Crippen LogP contribution >= 0.6 is 0 Å². The predicted molar refractivity (Wildman–Crippen MR) is 71.3 cm³/mol. The van der Waals surface area contributed by atoms with Gasteiger partial charge in [0.15, 0.2) is 0 Å². The van der Waals surface area contributed by atoms with Gasteiger partial charge in [-0.25, -0.2) is 4.39 Å². The molecule has 2 N–H and O–H groups in total. The summed E-state index contributed by atoms with van der Waals surface area (Å²) in [5.74, 6) is -0.655. The van der Waals surface area contributed by atoms with Crippen molar-refractivity contribution in [1.29, 1.82) is 0 Å². The van der Waals surface area contributed by atoms with Crippen molar-refractivity contribution < 1.29 is 19.1 Å². The molecule has 1 heterocycles. The zero-order valence-corrected chi connectivity index (χ0v) is 11.2. The third-order valence-electron chi connectivity index (χ3n) is 3.43. The molecule has 0 aliphatic carbocycles. The minimum atomic E-state index is -1.11. The van der Waals surface area contributed by atoms with E-state index in [9.17, 15) is 19.1 Å². The zero-order chi connectivity index (χ0) is 14.7. The minimum absolute atomic E-state index is 0.0196. The second-order valence-electron chi connectivity index (χ2n) is 4.79. The molecule has 20 heavy (non-hydrogen) atoms. The Morgan fingerprint density at radius 1 is 1.45 bits per heavy atom. The Hall–Kier alpha value is -1.95. The number of amides is 2. The quantitative estimate of drug-likeness (QED) is 0.851. The van der Waals surface area contributed by atoms with E-state index in [0.717, 1.165) is 0 Å². The van der Waals surface area contributed by atoms with Crippen LogP contribution in [0.3, 0.4) is 0 Å². The van der Waals surface area contributed by atoms with Crippen LogP contribution < -0.4 is 5.32 Å². The van der Waals surface area contributed by atoms with Crippen molar-refractivity contribution in [2.75, 3.05) is 20.2 Å². The summed E-state index contributed by atoms with van der Waals surface area (Å²) in [5.41, 5.74) is 0.688. The molecule has 1 aromatic carbocycles. The molecule has 2 atom stereocenters. The SMILES string of the molecule is CNC(=O)c1cccc(C(=O)N2C[C@@H](F)C[C@H]2CO)c1. The van der Waals surface area contributed by atoms with Crippen molar-refractivity contribution in [2.45, 2.75) is 18.6 Å². The molecule has 1 aliphatic heterocycles. The van der Waals surface area contributed by atoms with Crippen molar-refractivity contribution in [3.05, 3.63) is 35.4 Å². The van der Waals surface area contributed by atoms with Crippen LogP contribution in [0.5, 0.6) is 0 Å². The van der Waals surface area contributed by atoms with Gasteiger partial charge in [-0.3, -0.25) is 9.59 Å². The summed E-state index contributed by atoms with van der Waals surface area (Å²) in [7, 11) is 1.51. The average molecular weight is 280 g/mol. The van der Waals surface area contributed by atoms with Gasteiger partial charge >= 0.3 is 0 Å². The maximum Gasteiger partial charge on any atom is 0.254 e. The molecule has 0 unspecified atom stereocenters. The lowest BCUT2D eigenvalue weighted by Gasteiger charge is -2.22. The number of aliphatic hydroxyl groups excluding tert-OH is 1. The first-order chi connectivity index (χ1) is 9.56. The number of aliphatic hydroxyl groups is 1. The second-order valence-corrected chi connectivity index (χ2v) is 4.79. The molecule has 1 aliphatic rings. The maximum atomic E-state index is 13.4. The molecule has 2 amide bonds. The van der Waals surface area contributed by atoms with E-state index in [1.54, 1.807) is 18.2 Å². The van der Waals surface area contributed by atoms with E-state index < -0.39 is 12.2 Å². The summed E-state index contributed by atoms with van der Waals surface area (Å²) in [5, 5.41) is 11.7. The van der Waals surface area contributed by atoms with Crippen LogP contribution in [-0.2, 0) is 0 Å². The fraction of sp³-hybridized carbons (Fsp3) is 0.429. The summed E-state index contributed by atoms with van der Waals surface area (Å²) >= 11 is 0. The lowest BCUT2D eigenvalue weighted by molar-refractivity contribution is 0.0673. The van der Waals surface area contributed by atoms with Gasteiger partial charge in [-0.05, 0) is 18.2 Å². The van der Waals surface area contributed by atoms with Crippen LogP contribution in [0, 0.1) is 0 Å². The molecule has 0 saturated carbocycles. The fourth-order valence-corrected chi connectivity index (χ4v) is 2.38. The van der Waals surface area contributed by atoms with E-state index in [-0.39, 0.29) is 31.4 Å². The zero-order valence-electron chi connectivity index (χ0n) is 11.2. The fourth-order valence-electron chi connectivity index (χ4n) is 2.38. The Labute approximate surface area is 116 Å². The van der Waals surface area contributed by atoms with E-state index in [1.165, 1.54) is 18.0 Å². The van der Waals surface area contributed by atoms with Crippen molar-refractivity contribution in [3.8, 4) is 0 Å². The van der Waals surface area contributed by atoms with Gasteiger partial charge in [-0.2, -0.15) is 0 Å². The van der Waals surface area contributed by atoms with Crippen LogP contribution in [0.1, 0.15) is 27.1 Å². The number of carbonyl (C=O) groups excluding carboxylic acids is 2. The van der Waals surface area contributed by atoms with E-state index >= 15 is 0 Å². The van der Waals surface area contributed by atoms with Crippen LogP contribution in [-0.4, -0.2) is 54.2 Å². The third-order valence-corrected chi connectivity index (χ3v) is 3.43. The number of benzene rings is 1. The minimum Gasteiger partial charge on any atom is -0.394 e. The van der Waals surface area contributed by atoms with Crippen LogP contribution in [0.15, 0.2) is 24.3 Å². The van der Waals surface area contributed by atoms with Crippen LogP contribution in [0.25, 0.3) is 0 Å².